The minimum absolute atomic E-state index is 0.254. The van der Waals surface area contributed by atoms with Gasteiger partial charge in [-0.3, -0.25) is 9.78 Å². The molecular weight excluding hydrogens is 204 g/mol. The maximum atomic E-state index is 11.8. The number of amides is 1. The monoisotopic (exact) mass is 216 g/mol. The molecule has 0 atom stereocenters. The number of nitrogens with one attached hydrogen (secondary N) is 1. The van der Waals surface area contributed by atoms with Crippen molar-refractivity contribution in [2.75, 3.05) is 0 Å². The van der Waals surface area contributed by atoms with E-state index in [0.717, 1.165) is 25.7 Å². The van der Waals surface area contributed by atoms with Gasteiger partial charge in [0.25, 0.3) is 5.91 Å². The summed E-state index contributed by atoms with van der Waals surface area (Å²) in [5.74, 6) is -0.323. The first-order valence-corrected chi connectivity index (χ1v) is 5.26. The molecular formula is C11H12N4O. The molecule has 0 radical (unpaired) electrons. The molecule has 0 bridgehead atoms. The van der Waals surface area contributed by atoms with Crippen LogP contribution in [0.1, 0.15) is 36.2 Å². The van der Waals surface area contributed by atoms with E-state index in [1.54, 1.807) is 0 Å². The largest absolute Gasteiger partial charge is 0.332 e. The summed E-state index contributed by atoms with van der Waals surface area (Å²) in [6, 6.07) is 2.20. The Morgan fingerprint density at radius 2 is 2.19 bits per heavy atom. The Hall–Kier alpha value is -1.96. The van der Waals surface area contributed by atoms with E-state index in [2.05, 4.69) is 21.4 Å². The fourth-order valence-corrected chi connectivity index (χ4v) is 1.94. The van der Waals surface area contributed by atoms with Gasteiger partial charge in [-0.25, -0.2) is 4.98 Å². The topological polar surface area (TPSA) is 78.7 Å². The van der Waals surface area contributed by atoms with Crippen LogP contribution < -0.4 is 5.32 Å². The summed E-state index contributed by atoms with van der Waals surface area (Å²) in [4.78, 5) is 19.5. The normalized spacial score (nSPS) is 17.7. The van der Waals surface area contributed by atoms with Gasteiger partial charge in [-0.15, -0.1) is 0 Å². The van der Waals surface area contributed by atoms with Gasteiger partial charge in [0, 0.05) is 12.4 Å². The van der Waals surface area contributed by atoms with Crippen molar-refractivity contribution >= 4 is 5.91 Å². The lowest BCUT2D eigenvalue weighted by atomic mass is 10.00. The molecule has 1 fully saturated rings. The van der Waals surface area contributed by atoms with E-state index in [4.69, 9.17) is 5.26 Å². The summed E-state index contributed by atoms with van der Waals surface area (Å²) in [6.45, 7) is 0. The fourth-order valence-electron chi connectivity index (χ4n) is 1.94. The first kappa shape index (κ1) is 10.6. The van der Waals surface area contributed by atoms with Gasteiger partial charge in [0.2, 0.25) is 0 Å². The molecule has 82 valence electrons. The van der Waals surface area contributed by atoms with Crippen LogP contribution in [-0.4, -0.2) is 21.4 Å². The molecule has 0 saturated heterocycles. The third-order valence-corrected chi connectivity index (χ3v) is 2.82. The van der Waals surface area contributed by atoms with Crippen LogP contribution in [0.25, 0.3) is 0 Å². The Morgan fingerprint density at radius 1 is 1.44 bits per heavy atom. The third-order valence-electron chi connectivity index (χ3n) is 2.82. The lowest BCUT2D eigenvalue weighted by Gasteiger charge is -2.21. The van der Waals surface area contributed by atoms with Crippen molar-refractivity contribution in [1.29, 1.82) is 5.26 Å². The van der Waals surface area contributed by atoms with Gasteiger partial charge in [0.15, 0.2) is 0 Å². The first-order valence-electron chi connectivity index (χ1n) is 5.26. The van der Waals surface area contributed by atoms with Crippen molar-refractivity contribution in [3.63, 3.8) is 0 Å². The summed E-state index contributed by atoms with van der Waals surface area (Å²) in [5, 5.41) is 11.9. The van der Waals surface area contributed by atoms with E-state index in [1.165, 1.54) is 18.6 Å². The fraction of sp³-hybridized carbons (Fsp3) is 0.455. The number of nitrogens with zero attached hydrogens (tertiary/aromatic N) is 3. The average Bonchev–Trinajstić information content (AvgIpc) is 2.79. The summed E-state index contributed by atoms with van der Waals surface area (Å²) in [6.07, 6.45) is 7.76. The third kappa shape index (κ3) is 2.01. The molecule has 1 saturated carbocycles. The second-order valence-electron chi connectivity index (χ2n) is 3.95. The molecule has 1 aliphatic carbocycles. The molecule has 1 heterocycles. The number of hydrogen-bond acceptors (Lipinski definition) is 4. The maximum absolute atomic E-state index is 11.8. The number of rotatable bonds is 2. The van der Waals surface area contributed by atoms with Crippen molar-refractivity contribution in [1.82, 2.24) is 15.3 Å². The number of nitriles is 1. The van der Waals surface area contributed by atoms with Crippen LogP contribution in [-0.2, 0) is 0 Å². The molecule has 0 aromatic carbocycles. The molecule has 1 aliphatic rings. The molecule has 1 amide bonds. The summed E-state index contributed by atoms with van der Waals surface area (Å²) >= 11 is 0. The van der Waals surface area contributed by atoms with Gasteiger partial charge < -0.3 is 5.32 Å². The van der Waals surface area contributed by atoms with Crippen LogP contribution in [0.5, 0.6) is 0 Å². The smallest absolute Gasteiger partial charge is 0.272 e. The number of carbonyl (C=O) groups is 1. The number of hydrogen-bond donors (Lipinski definition) is 1. The minimum Gasteiger partial charge on any atom is -0.332 e. The van der Waals surface area contributed by atoms with Crippen LogP contribution in [0, 0.1) is 11.3 Å². The quantitative estimate of drug-likeness (QED) is 0.801. The average molecular weight is 216 g/mol. The van der Waals surface area contributed by atoms with E-state index in [-0.39, 0.29) is 11.6 Å². The molecule has 5 nitrogen and oxygen atoms in total. The van der Waals surface area contributed by atoms with Gasteiger partial charge >= 0.3 is 0 Å². The maximum Gasteiger partial charge on any atom is 0.272 e. The predicted molar refractivity (Wildman–Crippen MR) is 56.3 cm³/mol. The van der Waals surface area contributed by atoms with Gasteiger partial charge in [0.1, 0.15) is 11.2 Å². The second kappa shape index (κ2) is 4.27. The van der Waals surface area contributed by atoms with Crippen molar-refractivity contribution in [3.05, 3.63) is 24.3 Å². The highest BCUT2D eigenvalue weighted by molar-refractivity contribution is 5.92. The van der Waals surface area contributed by atoms with Crippen LogP contribution in [0.3, 0.4) is 0 Å². The summed E-state index contributed by atoms with van der Waals surface area (Å²) in [7, 11) is 0. The highest BCUT2D eigenvalue weighted by Crippen LogP contribution is 2.28. The summed E-state index contributed by atoms with van der Waals surface area (Å²) in [5.41, 5.74) is -0.446. The Morgan fingerprint density at radius 3 is 2.75 bits per heavy atom. The Kier molecular flexibility index (Phi) is 2.82. The van der Waals surface area contributed by atoms with Crippen LogP contribution in [0.2, 0.25) is 0 Å². The lowest BCUT2D eigenvalue weighted by molar-refractivity contribution is 0.0915. The molecule has 1 aromatic heterocycles. The summed E-state index contributed by atoms with van der Waals surface area (Å²) < 4.78 is 0. The van der Waals surface area contributed by atoms with E-state index < -0.39 is 5.54 Å². The van der Waals surface area contributed by atoms with Crippen molar-refractivity contribution in [2.45, 2.75) is 31.2 Å². The van der Waals surface area contributed by atoms with Gasteiger partial charge in [0.05, 0.1) is 12.3 Å². The van der Waals surface area contributed by atoms with E-state index in [9.17, 15) is 4.79 Å². The molecule has 5 heteroatoms. The standard InChI is InChI=1S/C11H12N4O/c12-8-11(3-1-2-4-11)15-10(16)9-7-13-5-6-14-9/h5-7H,1-4H2,(H,15,16). The van der Waals surface area contributed by atoms with Gasteiger partial charge in [-0.1, -0.05) is 0 Å². The number of carbonyl (C=O) groups excluding carboxylic acids is 1. The van der Waals surface area contributed by atoms with Crippen LogP contribution >= 0.6 is 0 Å². The zero-order valence-corrected chi connectivity index (χ0v) is 8.81. The van der Waals surface area contributed by atoms with Gasteiger partial charge in [-0.2, -0.15) is 5.26 Å². The second-order valence-corrected chi connectivity index (χ2v) is 3.95. The zero-order chi connectivity index (χ0) is 11.4. The SMILES string of the molecule is N#CC1(NC(=O)c2cnccn2)CCCC1. The van der Waals surface area contributed by atoms with E-state index in [1.807, 2.05) is 0 Å². The molecule has 1 N–H and O–H groups in total. The molecule has 16 heavy (non-hydrogen) atoms. The number of aromatic nitrogens is 2. The Labute approximate surface area is 93.5 Å². The zero-order valence-electron chi connectivity index (χ0n) is 8.81. The first-order chi connectivity index (χ1) is 7.76. The molecule has 1 aromatic rings. The van der Waals surface area contributed by atoms with E-state index in [0.29, 0.717) is 0 Å². The van der Waals surface area contributed by atoms with Crippen molar-refractivity contribution in [2.24, 2.45) is 0 Å². The predicted octanol–water partition coefficient (Wildman–Crippen LogP) is 1.04. The molecule has 2 rings (SSSR count). The Balaban J connectivity index is 2.11. The molecule has 0 unspecified atom stereocenters. The molecule has 0 aliphatic heterocycles. The highest BCUT2D eigenvalue weighted by Gasteiger charge is 2.35. The minimum atomic E-state index is -0.700. The Bertz CT molecular complexity index is 417. The van der Waals surface area contributed by atoms with Crippen molar-refractivity contribution < 1.29 is 4.79 Å². The van der Waals surface area contributed by atoms with Crippen LogP contribution in [0.4, 0.5) is 0 Å². The van der Waals surface area contributed by atoms with Crippen LogP contribution in [0.15, 0.2) is 18.6 Å². The highest BCUT2D eigenvalue weighted by atomic mass is 16.2. The van der Waals surface area contributed by atoms with Crippen molar-refractivity contribution in [3.8, 4) is 6.07 Å². The molecule has 0 spiro atoms. The van der Waals surface area contributed by atoms with E-state index >= 15 is 0 Å². The van der Waals surface area contributed by atoms with Gasteiger partial charge in [-0.05, 0) is 25.7 Å². The lowest BCUT2D eigenvalue weighted by Crippen LogP contribution is -2.45.